The summed E-state index contributed by atoms with van der Waals surface area (Å²) in [4.78, 5) is 10.7. The summed E-state index contributed by atoms with van der Waals surface area (Å²) in [5.41, 5.74) is 1.04. The topological polar surface area (TPSA) is 31.2 Å². The van der Waals surface area contributed by atoms with Crippen molar-refractivity contribution in [3.05, 3.63) is 48.8 Å². The van der Waals surface area contributed by atoms with Crippen LogP contribution in [0.2, 0.25) is 0 Å². The summed E-state index contributed by atoms with van der Waals surface area (Å²) in [5.74, 6) is 0.257. The molecule has 2 aromatic rings. The molecular weight excluding hydrogens is 190 g/mol. The SMILES string of the molecule is CC(=O)Oc1ccn(-c2ccccc2)c1. The van der Waals surface area contributed by atoms with Gasteiger partial charge in [-0.15, -0.1) is 0 Å². The van der Waals surface area contributed by atoms with Crippen molar-refractivity contribution >= 4 is 5.97 Å². The van der Waals surface area contributed by atoms with Crippen LogP contribution >= 0.6 is 0 Å². The van der Waals surface area contributed by atoms with Crippen LogP contribution in [0.15, 0.2) is 48.8 Å². The highest BCUT2D eigenvalue weighted by atomic mass is 16.5. The van der Waals surface area contributed by atoms with E-state index in [0.29, 0.717) is 5.75 Å². The van der Waals surface area contributed by atoms with Crippen LogP contribution in [-0.4, -0.2) is 10.5 Å². The minimum Gasteiger partial charge on any atom is -0.425 e. The van der Waals surface area contributed by atoms with E-state index < -0.39 is 0 Å². The van der Waals surface area contributed by atoms with Crippen LogP contribution < -0.4 is 4.74 Å². The number of esters is 1. The van der Waals surface area contributed by atoms with Crippen molar-refractivity contribution in [1.29, 1.82) is 0 Å². The lowest BCUT2D eigenvalue weighted by Gasteiger charge is -2.00. The van der Waals surface area contributed by atoms with Crippen LogP contribution in [-0.2, 0) is 4.79 Å². The van der Waals surface area contributed by atoms with E-state index in [0.717, 1.165) is 5.69 Å². The highest BCUT2D eigenvalue weighted by molar-refractivity contribution is 5.69. The van der Waals surface area contributed by atoms with Gasteiger partial charge in [0.15, 0.2) is 0 Å². The van der Waals surface area contributed by atoms with Crippen molar-refractivity contribution in [2.75, 3.05) is 0 Å². The molecule has 3 heteroatoms. The molecule has 0 fully saturated rings. The molecular formula is C12H11NO2. The van der Waals surface area contributed by atoms with Crippen LogP contribution in [0.1, 0.15) is 6.92 Å². The van der Waals surface area contributed by atoms with Crippen molar-refractivity contribution in [1.82, 2.24) is 4.57 Å². The molecule has 0 atom stereocenters. The van der Waals surface area contributed by atoms with Crippen molar-refractivity contribution in [2.45, 2.75) is 6.92 Å². The second kappa shape index (κ2) is 4.00. The van der Waals surface area contributed by atoms with Crippen molar-refractivity contribution in [3.8, 4) is 11.4 Å². The Labute approximate surface area is 87.9 Å². The minimum absolute atomic E-state index is 0.305. The first-order chi connectivity index (χ1) is 7.25. The normalized spacial score (nSPS) is 9.93. The van der Waals surface area contributed by atoms with E-state index in [1.54, 1.807) is 12.3 Å². The predicted octanol–water partition coefficient (Wildman–Crippen LogP) is 2.40. The van der Waals surface area contributed by atoms with Crippen molar-refractivity contribution < 1.29 is 9.53 Å². The number of carbonyl (C=O) groups excluding carboxylic acids is 1. The molecule has 0 bridgehead atoms. The molecule has 1 heterocycles. The van der Waals surface area contributed by atoms with Crippen LogP contribution in [0, 0.1) is 0 Å². The third-order valence-electron chi connectivity index (χ3n) is 1.98. The fraction of sp³-hybridized carbons (Fsp3) is 0.0833. The van der Waals surface area contributed by atoms with Gasteiger partial charge in [0.1, 0.15) is 5.75 Å². The third kappa shape index (κ3) is 2.26. The van der Waals surface area contributed by atoms with Gasteiger partial charge in [-0.2, -0.15) is 0 Å². The van der Waals surface area contributed by atoms with Crippen LogP contribution in [0.5, 0.6) is 5.75 Å². The van der Waals surface area contributed by atoms with Crippen LogP contribution in [0.3, 0.4) is 0 Å². The smallest absolute Gasteiger partial charge is 0.308 e. The summed E-state index contributed by atoms with van der Waals surface area (Å²) in [6.45, 7) is 1.39. The molecule has 0 saturated carbocycles. The fourth-order valence-corrected chi connectivity index (χ4v) is 1.36. The fourth-order valence-electron chi connectivity index (χ4n) is 1.36. The van der Waals surface area contributed by atoms with Gasteiger partial charge in [-0.05, 0) is 18.2 Å². The first kappa shape index (κ1) is 9.52. The Morgan fingerprint density at radius 1 is 1.20 bits per heavy atom. The Bertz CT molecular complexity index is 459. The van der Waals surface area contributed by atoms with Gasteiger partial charge in [0.05, 0.1) is 6.20 Å². The molecule has 2 rings (SSSR count). The Morgan fingerprint density at radius 3 is 2.60 bits per heavy atom. The summed E-state index contributed by atoms with van der Waals surface area (Å²) in [6.07, 6.45) is 3.63. The highest BCUT2D eigenvalue weighted by Crippen LogP contribution is 2.15. The lowest BCUT2D eigenvalue weighted by molar-refractivity contribution is -0.131. The molecule has 0 unspecified atom stereocenters. The van der Waals surface area contributed by atoms with E-state index in [-0.39, 0.29) is 5.97 Å². The molecule has 0 radical (unpaired) electrons. The summed E-state index contributed by atoms with van der Waals surface area (Å²) < 4.78 is 6.86. The van der Waals surface area contributed by atoms with E-state index in [1.807, 2.05) is 41.1 Å². The molecule has 0 aliphatic heterocycles. The molecule has 15 heavy (non-hydrogen) atoms. The summed E-state index contributed by atoms with van der Waals surface area (Å²) in [7, 11) is 0. The predicted molar refractivity (Wildman–Crippen MR) is 57.1 cm³/mol. The number of aromatic nitrogens is 1. The maximum Gasteiger partial charge on any atom is 0.308 e. The molecule has 1 aromatic carbocycles. The number of carbonyl (C=O) groups is 1. The number of benzene rings is 1. The maximum atomic E-state index is 10.7. The first-order valence-corrected chi connectivity index (χ1v) is 4.67. The largest absolute Gasteiger partial charge is 0.425 e. The maximum absolute atomic E-state index is 10.7. The van der Waals surface area contributed by atoms with Crippen molar-refractivity contribution in [3.63, 3.8) is 0 Å². The molecule has 3 nitrogen and oxygen atoms in total. The van der Waals surface area contributed by atoms with Gasteiger partial charge in [-0.3, -0.25) is 4.79 Å². The number of hydrogen-bond acceptors (Lipinski definition) is 2. The minimum atomic E-state index is -0.305. The average molecular weight is 201 g/mol. The second-order valence-electron chi connectivity index (χ2n) is 3.18. The van der Waals surface area contributed by atoms with Gasteiger partial charge < -0.3 is 9.30 Å². The number of rotatable bonds is 2. The van der Waals surface area contributed by atoms with E-state index in [1.165, 1.54) is 6.92 Å². The van der Waals surface area contributed by atoms with Gasteiger partial charge in [-0.25, -0.2) is 0 Å². The average Bonchev–Trinajstić information content (AvgIpc) is 2.67. The number of nitrogens with zero attached hydrogens (tertiary/aromatic N) is 1. The third-order valence-corrected chi connectivity index (χ3v) is 1.98. The molecule has 76 valence electrons. The summed E-state index contributed by atoms with van der Waals surface area (Å²) >= 11 is 0. The molecule has 1 aromatic heterocycles. The highest BCUT2D eigenvalue weighted by Gasteiger charge is 2.01. The van der Waals surface area contributed by atoms with E-state index >= 15 is 0 Å². The van der Waals surface area contributed by atoms with Crippen LogP contribution in [0.25, 0.3) is 5.69 Å². The summed E-state index contributed by atoms with van der Waals surface area (Å²) in [6, 6.07) is 11.6. The van der Waals surface area contributed by atoms with Gasteiger partial charge >= 0.3 is 5.97 Å². The monoisotopic (exact) mass is 201 g/mol. The summed E-state index contributed by atoms with van der Waals surface area (Å²) in [5, 5.41) is 0. The molecule has 0 saturated heterocycles. The van der Waals surface area contributed by atoms with Gasteiger partial charge in [0, 0.05) is 18.8 Å². The van der Waals surface area contributed by atoms with Crippen LogP contribution in [0.4, 0.5) is 0 Å². The zero-order chi connectivity index (χ0) is 10.7. The van der Waals surface area contributed by atoms with E-state index in [9.17, 15) is 4.79 Å². The number of para-hydroxylation sites is 1. The molecule has 0 aliphatic carbocycles. The number of ether oxygens (including phenoxy) is 1. The van der Waals surface area contributed by atoms with Crippen molar-refractivity contribution in [2.24, 2.45) is 0 Å². The zero-order valence-corrected chi connectivity index (χ0v) is 8.38. The van der Waals surface area contributed by atoms with Gasteiger partial charge in [-0.1, -0.05) is 18.2 Å². The standard InChI is InChI=1S/C12H11NO2/c1-10(14)15-12-7-8-13(9-12)11-5-3-2-4-6-11/h2-9H,1H3. The Kier molecular flexibility index (Phi) is 2.54. The van der Waals surface area contributed by atoms with E-state index in [4.69, 9.17) is 4.74 Å². The molecule has 0 amide bonds. The Morgan fingerprint density at radius 2 is 1.93 bits per heavy atom. The van der Waals surface area contributed by atoms with E-state index in [2.05, 4.69) is 0 Å². The quantitative estimate of drug-likeness (QED) is 0.698. The first-order valence-electron chi connectivity index (χ1n) is 4.67. The Hall–Kier alpha value is -2.03. The number of hydrogen-bond donors (Lipinski definition) is 0. The molecule has 0 aliphatic rings. The zero-order valence-electron chi connectivity index (χ0n) is 8.38. The lowest BCUT2D eigenvalue weighted by Crippen LogP contribution is -2.00. The second-order valence-corrected chi connectivity index (χ2v) is 3.18. The lowest BCUT2D eigenvalue weighted by atomic mass is 10.3. The van der Waals surface area contributed by atoms with Gasteiger partial charge in [0.2, 0.25) is 0 Å². The molecule has 0 spiro atoms. The van der Waals surface area contributed by atoms with Gasteiger partial charge in [0.25, 0.3) is 0 Å². The molecule has 0 N–H and O–H groups in total. The Balaban J connectivity index is 2.24.